The van der Waals surface area contributed by atoms with Gasteiger partial charge in [-0.25, -0.2) is 8.42 Å². The number of benzene rings is 1. The predicted octanol–water partition coefficient (Wildman–Crippen LogP) is 2.86. The molecule has 0 N–H and O–H groups in total. The molecule has 5 heteroatoms. The highest BCUT2D eigenvalue weighted by atomic mass is 35.5. The molecule has 100 valence electrons. The lowest BCUT2D eigenvalue weighted by atomic mass is 10.2. The Kier molecular flexibility index (Phi) is 4.65. The van der Waals surface area contributed by atoms with Gasteiger partial charge in [-0.3, -0.25) is 0 Å². The zero-order valence-corrected chi connectivity index (χ0v) is 11.8. The monoisotopic (exact) mass is 287 g/mol. The Balaban J connectivity index is 2.29. The molecule has 1 aliphatic carbocycles. The molecule has 18 heavy (non-hydrogen) atoms. The first-order valence-electron chi connectivity index (χ1n) is 6.29. The van der Waals surface area contributed by atoms with E-state index in [-0.39, 0.29) is 6.04 Å². The molecular weight excluding hydrogens is 270 g/mol. The maximum Gasteiger partial charge on any atom is 0.243 e. The van der Waals surface area contributed by atoms with Gasteiger partial charge in [-0.05, 0) is 25.0 Å². The van der Waals surface area contributed by atoms with Crippen molar-refractivity contribution in [2.75, 3.05) is 12.4 Å². The Morgan fingerprint density at radius 2 is 1.78 bits per heavy atom. The van der Waals surface area contributed by atoms with Crippen molar-refractivity contribution in [3.8, 4) is 0 Å². The molecule has 2 rings (SSSR count). The van der Waals surface area contributed by atoms with E-state index in [1.807, 2.05) is 6.07 Å². The summed E-state index contributed by atoms with van der Waals surface area (Å²) in [6.07, 6.45) is 4.10. The SMILES string of the molecule is O=S(=O)(c1ccccc1)N(CCCl)C1CCCC1. The lowest BCUT2D eigenvalue weighted by Gasteiger charge is -2.27. The van der Waals surface area contributed by atoms with Crippen LogP contribution in [0, 0.1) is 0 Å². The molecule has 0 heterocycles. The van der Waals surface area contributed by atoms with Crippen LogP contribution in [-0.2, 0) is 10.0 Å². The normalized spacial score (nSPS) is 17.4. The number of hydrogen-bond acceptors (Lipinski definition) is 2. The first kappa shape index (κ1) is 13.8. The Labute approximate surface area is 114 Å². The van der Waals surface area contributed by atoms with Crippen LogP contribution in [0.1, 0.15) is 25.7 Å². The Morgan fingerprint density at radius 1 is 1.17 bits per heavy atom. The van der Waals surface area contributed by atoms with E-state index >= 15 is 0 Å². The molecule has 1 aromatic rings. The molecule has 0 radical (unpaired) electrons. The molecule has 0 aliphatic heterocycles. The molecule has 0 atom stereocenters. The quantitative estimate of drug-likeness (QED) is 0.781. The van der Waals surface area contributed by atoms with E-state index in [0.717, 1.165) is 25.7 Å². The van der Waals surface area contributed by atoms with Gasteiger partial charge < -0.3 is 0 Å². The molecule has 0 bridgehead atoms. The summed E-state index contributed by atoms with van der Waals surface area (Å²) in [7, 11) is -3.40. The van der Waals surface area contributed by atoms with Crippen LogP contribution in [0.15, 0.2) is 35.2 Å². The Bertz CT molecular complexity index is 469. The van der Waals surface area contributed by atoms with Gasteiger partial charge in [0.1, 0.15) is 0 Å². The largest absolute Gasteiger partial charge is 0.243 e. The second-order valence-corrected chi connectivity index (χ2v) is 6.82. The second kappa shape index (κ2) is 6.04. The zero-order chi connectivity index (χ0) is 13.0. The van der Waals surface area contributed by atoms with Gasteiger partial charge in [-0.1, -0.05) is 31.0 Å². The minimum Gasteiger partial charge on any atom is -0.207 e. The molecule has 0 amide bonds. The summed E-state index contributed by atoms with van der Waals surface area (Å²) >= 11 is 5.76. The first-order valence-corrected chi connectivity index (χ1v) is 8.26. The summed E-state index contributed by atoms with van der Waals surface area (Å²) in [5.74, 6) is 0.336. The molecular formula is C13H18ClNO2S. The molecule has 1 fully saturated rings. The van der Waals surface area contributed by atoms with Crippen LogP contribution in [0.4, 0.5) is 0 Å². The third kappa shape index (κ3) is 2.87. The minimum absolute atomic E-state index is 0.119. The minimum atomic E-state index is -3.40. The van der Waals surface area contributed by atoms with Crippen molar-refractivity contribution in [1.29, 1.82) is 0 Å². The standard InChI is InChI=1S/C13H18ClNO2S/c14-10-11-15(12-6-4-5-7-12)18(16,17)13-8-2-1-3-9-13/h1-3,8-9,12H,4-7,10-11H2. The van der Waals surface area contributed by atoms with E-state index in [0.29, 0.717) is 17.3 Å². The van der Waals surface area contributed by atoms with Crippen molar-refractivity contribution in [1.82, 2.24) is 4.31 Å². The molecule has 0 spiro atoms. The number of hydrogen-bond donors (Lipinski definition) is 0. The summed E-state index contributed by atoms with van der Waals surface area (Å²) in [6, 6.07) is 8.73. The van der Waals surface area contributed by atoms with Crippen molar-refractivity contribution in [2.24, 2.45) is 0 Å². The van der Waals surface area contributed by atoms with E-state index < -0.39 is 10.0 Å². The highest BCUT2D eigenvalue weighted by molar-refractivity contribution is 7.89. The predicted molar refractivity (Wildman–Crippen MR) is 73.3 cm³/mol. The number of nitrogens with zero attached hydrogens (tertiary/aromatic N) is 1. The van der Waals surface area contributed by atoms with E-state index in [1.165, 1.54) is 0 Å². The second-order valence-electron chi connectivity index (χ2n) is 4.56. The molecule has 0 saturated heterocycles. The molecule has 1 aromatic carbocycles. The van der Waals surface area contributed by atoms with Crippen LogP contribution in [0.5, 0.6) is 0 Å². The average molecular weight is 288 g/mol. The van der Waals surface area contributed by atoms with Gasteiger partial charge >= 0.3 is 0 Å². The Morgan fingerprint density at radius 3 is 2.33 bits per heavy atom. The summed E-state index contributed by atoms with van der Waals surface area (Å²) in [6.45, 7) is 0.392. The van der Waals surface area contributed by atoms with Crippen LogP contribution >= 0.6 is 11.6 Å². The molecule has 0 aromatic heterocycles. The van der Waals surface area contributed by atoms with Gasteiger partial charge in [0, 0.05) is 18.5 Å². The molecule has 1 saturated carbocycles. The van der Waals surface area contributed by atoms with Crippen molar-refractivity contribution < 1.29 is 8.42 Å². The van der Waals surface area contributed by atoms with Crippen LogP contribution in [0.2, 0.25) is 0 Å². The number of rotatable bonds is 5. The number of alkyl halides is 1. The highest BCUT2D eigenvalue weighted by Crippen LogP contribution is 2.28. The van der Waals surface area contributed by atoms with Gasteiger partial charge in [0.2, 0.25) is 10.0 Å². The van der Waals surface area contributed by atoms with E-state index in [4.69, 9.17) is 11.6 Å². The molecule has 3 nitrogen and oxygen atoms in total. The van der Waals surface area contributed by atoms with E-state index in [9.17, 15) is 8.42 Å². The molecule has 0 unspecified atom stereocenters. The number of sulfonamides is 1. The lowest BCUT2D eigenvalue weighted by molar-refractivity contribution is 0.337. The van der Waals surface area contributed by atoms with Gasteiger partial charge in [0.25, 0.3) is 0 Å². The van der Waals surface area contributed by atoms with Crippen molar-refractivity contribution in [3.05, 3.63) is 30.3 Å². The zero-order valence-electron chi connectivity index (χ0n) is 10.3. The van der Waals surface area contributed by atoms with Crippen LogP contribution in [0.3, 0.4) is 0 Å². The third-order valence-electron chi connectivity index (χ3n) is 3.39. The fourth-order valence-corrected chi connectivity index (χ4v) is 4.49. The first-order chi connectivity index (χ1) is 8.66. The Hall–Kier alpha value is -0.580. The topological polar surface area (TPSA) is 37.4 Å². The van der Waals surface area contributed by atoms with Crippen molar-refractivity contribution in [2.45, 2.75) is 36.6 Å². The van der Waals surface area contributed by atoms with Gasteiger partial charge in [0.05, 0.1) is 4.90 Å². The van der Waals surface area contributed by atoms with Crippen LogP contribution in [-0.4, -0.2) is 31.2 Å². The summed E-state index contributed by atoms with van der Waals surface area (Å²) in [5.41, 5.74) is 0. The number of halogens is 1. The van der Waals surface area contributed by atoms with Crippen LogP contribution < -0.4 is 0 Å². The lowest BCUT2D eigenvalue weighted by Crippen LogP contribution is -2.40. The third-order valence-corrected chi connectivity index (χ3v) is 5.52. The van der Waals surface area contributed by atoms with Gasteiger partial charge in [-0.2, -0.15) is 4.31 Å². The van der Waals surface area contributed by atoms with Crippen molar-refractivity contribution in [3.63, 3.8) is 0 Å². The van der Waals surface area contributed by atoms with Crippen molar-refractivity contribution >= 4 is 21.6 Å². The van der Waals surface area contributed by atoms with Crippen LogP contribution in [0.25, 0.3) is 0 Å². The average Bonchev–Trinajstić information content (AvgIpc) is 2.90. The summed E-state index contributed by atoms with van der Waals surface area (Å²) < 4.78 is 26.7. The highest BCUT2D eigenvalue weighted by Gasteiger charge is 2.32. The fourth-order valence-electron chi connectivity index (χ4n) is 2.50. The van der Waals surface area contributed by atoms with Gasteiger partial charge in [0.15, 0.2) is 0 Å². The maximum absolute atomic E-state index is 12.6. The fraction of sp³-hybridized carbons (Fsp3) is 0.538. The smallest absolute Gasteiger partial charge is 0.207 e. The van der Waals surface area contributed by atoms with Gasteiger partial charge in [-0.15, -0.1) is 11.6 Å². The van der Waals surface area contributed by atoms with E-state index in [1.54, 1.807) is 28.6 Å². The summed E-state index contributed by atoms with van der Waals surface area (Å²) in [4.78, 5) is 0.363. The maximum atomic E-state index is 12.6. The summed E-state index contributed by atoms with van der Waals surface area (Å²) in [5, 5.41) is 0. The van der Waals surface area contributed by atoms with E-state index in [2.05, 4.69) is 0 Å². The molecule has 1 aliphatic rings.